The van der Waals surface area contributed by atoms with Crippen LogP contribution in [0.1, 0.15) is 36.6 Å². The molecule has 0 aliphatic rings. The van der Waals surface area contributed by atoms with Gasteiger partial charge in [0.05, 0.1) is 11.9 Å². The number of halogens is 2. The van der Waals surface area contributed by atoms with Crippen LogP contribution in [0.4, 0.5) is 8.78 Å². The number of nitrogens with zero attached hydrogens (tertiary/aromatic N) is 2. The molecule has 0 fully saturated rings. The molecule has 5 heteroatoms. The number of hydrogen-bond acceptors (Lipinski definition) is 2. The lowest BCUT2D eigenvalue weighted by Crippen LogP contribution is -2.15. The molecule has 2 aromatic rings. The van der Waals surface area contributed by atoms with E-state index >= 15 is 0 Å². The third kappa shape index (κ3) is 3.04. The predicted molar refractivity (Wildman–Crippen MR) is 75.3 cm³/mol. The summed E-state index contributed by atoms with van der Waals surface area (Å²) in [5.74, 6) is 0. The van der Waals surface area contributed by atoms with E-state index < -0.39 is 6.43 Å². The Morgan fingerprint density at radius 1 is 1.30 bits per heavy atom. The molecule has 0 saturated heterocycles. The third-order valence-corrected chi connectivity index (χ3v) is 3.18. The highest BCUT2D eigenvalue weighted by atomic mass is 19.3. The van der Waals surface area contributed by atoms with Gasteiger partial charge in [-0.05, 0) is 31.5 Å². The van der Waals surface area contributed by atoms with E-state index in [1.807, 2.05) is 32.0 Å². The van der Waals surface area contributed by atoms with Crippen LogP contribution in [-0.2, 0) is 6.54 Å². The molecule has 20 heavy (non-hydrogen) atoms. The summed E-state index contributed by atoms with van der Waals surface area (Å²) in [6.45, 7) is 5.15. The number of hydrogen-bond donors (Lipinski definition) is 1. The maximum absolute atomic E-state index is 13.4. The van der Waals surface area contributed by atoms with Gasteiger partial charge in [0.2, 0.25) is 0 Å². The smallest absolute Gasteiger partial charge is 0.280 e. The van der Waals surface area contributed by atoms with Gasteiger partial charge in [-0.25, -0.2) is 13.5 Å². The van der Waals surface area contributed by atoms with Crippen molar-refractivity contribution in [2.24, 2.45) is 0 Å². The first-order valence-electron chi connectivity index (χ1n) is 6.76. The summed E-state index contributed by atoms with van der Waals surface area (Å²) in [4.78, 5) is 0. The van der Waals surface area contributed by atoms with Gasteiger partial charge < -0.3 is 5.32 Å². The molecule has 0 aliphatic heterocycles. The topological polar surface area (TPSA) is 29.9 Å². The summed E-state index contributed by atoms with van der Waals surface area (Å²) in [5.41, 5.74) is 2.15. The van der Waals surface area contributed by atoms with Crippen LogP contribution in [0.2, 0.25) is 0 Å². The van der Waals surface area contributed by atoms with Crippen molar-refractivity contribution in [2.75, 3.05) is 6.54 Å². The molecule has 0 aliphatic carbocycles. The quantitative estimate of drug-likeness (QED) is 0.818. The second kappa shape index (κ2) is 6.61. The van der Waals surface area contributed by atoms with Gasteiger partial charge in [-0.1, -0.05) is 25.1 Å². The van der Waals surface area contributed by atoms with E-state index in [9.17, 15) is 8.78 Å². The Labute approximate surface area is 117 Å². The van der Waals surface area contributed by atoms with E-state index in [0.717, 1.165) is 18.5 Å². The maximum Gasteiger partial charge on any atom is 0.280 e. The van der Waals surface area contributed by atoms with Gasteiger partial charge in [-0.2, -0.15) is 5.10 Å². The Balaban J connectivity index is 2.37. The molecule has 0 amide bonds. The molecule has 108 valence electrons. The van der Waals surface area contributed by atoms with Crippen LogP contribution in [0.25, 0.3) is 5.69 Å². The summed E-state index contributed by atoms with van der Waals surface area (Å²) in [7, 11) is 0. The Morgan fingerprint density at radius 2 is 2.05 bits per heavy atom. The first kappa shape index (κ1) is 14.7. The van der Waals surface area contributed by atoms with E-state index in [2.05, 4.69) is 10.4 Å². The fourth-order valence-electron chi connectivity index (χ4n) is 2.15. The first-order chi connectivity index (χ1) is 9.65. The third-order valence-electron chi connectivity index (χ3n) is 3.18. The number of para-hydroxylation sites is 1. The number of nitrogens with one attached hydrogen (secondary N) is 1. The number of alkyl halides is 2. The summed E-state index contributed by atoms with van der Waals surface area (Å²) in [6.07, 6.45) is -0.0532. The Hall–Kier alpha value is -1.75. The van der Waals surface area contributed by atoms with Crippen LogP contribution in [0.5, 0.6) is 0 Å². The summed E-state index contributed by atoms with van der Waals surface area (Å²) < 4.78 is 28.1. The fourth-order valence-corrected chi connectivity index (χ4v) is 2.15. The van der Waals surface area contributed by atoms with Crippen LogP contribution in [0.3, 0.4) is 0 Å². The van der Waals surface area contributed by atoms with Crippen LogP contribution in [0, 0.1) is 6.92 Å². The standard InChI is InChI=1S/C15H19F2N3/c1-3-8-18-9-12-10-19-20(14(12)15(16)17)13-7-5-4-6-11(13)2/h4-7,10,15,18H,3,8-9H2,1-2H3. The van der Waals surface area contributed by atoms with E-state index in [1.165, 1.54) is 10.9 Å². The lowest BCUT2D eigenvalue weighted by atomic mass is 10.2. The van der Waals surface area contributed by atoms with Crippen LogP contribution < -0.4 is 5.32 Å². The molecule has 3 nitrogen and oxygen atoms in total. The predicted octanol–water partition coefficient (Wildman–Crippen LogP) is 3.62. The van der Waals surface area contributed by atoms with Gasteiger partial charge in [-0.3, -0.25) is 0 Å². The van der Waals surface area contributed by atoms with Gasteiger partial charge in [0.25, 0.3) is 6.43 Å². The molecule has 0 radical (unpaired) electrons. The molecule has 0 spiro atoms. The number of aryl methyl sites for hydroxylation is 1. The van der Waals surface area contributed by atoms with Gasteiger partial charge in [0, 0.05) is 12.1 Å². The molecule has 0 unspecified atom stereocenters. The van der Waals surface area contributed by atoms with E-state index in [4.69, 9.17) is 0 Å². The Bertz CT molecular complexity index is 564. The van der Waals surface area contributed by atoms with Gasteiger partial charge in [0.15, 0.2) is 0 Å². The van der Waals surface area contributed by atoms with Crippen LogP contribution >= 0.6 is 0 Å². The zero-order chi connectivity index (χ0) is 14.5. The molecule has 0 atom stereocenters. The first-order valence-corrected chi connectivity index (χ1v) is 6.76. The van der Waals surface area contributed by atoms with Crippen molar-refractivity contribution in [1.29, 1.82) is 0 Å². The maximum atomic E-state index is 13.4. The summed E-state index contributed by atoms with van der Waals surface area (Å²) in [6, 6.07) is 7.40. The van der Waals surface area contributed by atoms with Crippen molar-refractivity contribution in [2.45, 2.75) is 33.2 Å². The van der Waals surface area contributed by atoms with Crippen LogP contribution in [-0.4, -0.2) is 16.3 Å². The van der Waals surface area contributed by atoms with Crippen molar-refractivity contribution < 1.29 is 8.78 Å². The SMILES string of the molecule is CCCNCc1cnn(-c2ccccc2C)c1C(F)F. The van der Waals surface area contributed by atoms with Crippen molar-refractivity contribution >= 4 is 0 Å². The molecular formula is C15H19F2N3. The number of rotatable bonds is 6. The number of benzene rings is 1. The minimum atomic E-state index is -2.55. The highest BCUT2D eigenvalue weighted by molar-refractivity contribution is 5.42. The van der Waals surface area contributed by atoms with Crippen molar-refractivity contribution in [3.05, 3.63) is 47.3 Å². The Morgan fingerprint density at radius 3 is 2.70 bits per heavy atom. The second-order valence-electron chi connectivity index (χ2n) is 4.73. The van der Waals surface area contributed by atoms with Crippen molar-refractivity contribution in [3.8, 4) is 5.69 Å². The summed E-state index contributed by atoms with van der Waals surface area (Å²) >= 11 is 0. The monoisotopic (exact) mass is 279 g/mol. The lowest BCUT2D eigenvalue weighted by molar-refractivity contribution is 0.141. The van der Waals surface area contributed by atoms with Gasteiger partial charge in [-0.15, -0.1) is 0 Å². The molecule has 2 rings (SSSR count). The molecule has 1 aromatic carbocycles. The zero-order valence-electron chi connectivity index (χ0n) is 11.7. The van der Waals surface area contributed by atoms with E-state index in [1.54, 1.807) is 6.07 Å². The summed E-state index contributed by atoms with van der Waals surface area (Å²) in [5, 5.41) is 7.28. The van der Waals surface area contributed by atoms with Crippen molar-refractivity contribution in [3.63, 3.8) is 0 Å². The Kier molecular flexibility index (Phi) is 4.84. The minimum absolute atomic E-state index is 0.0251. The average Bonchev–Trinajstić information content (AvgIpc) is 2.83. The lowest BCUT2D eigenvalue weighted by Gasteiger charge is -2.11. The molecule has 0 saturated carbocycles. The molecule has 1 N–H and O–H groups in total. The largest absolute Gasteiger partial charge is 0.313 e. The van der Waals surface area contributed by atoms with Gasteiger partial charge in [0.1, 0.15) is 5.69 Å². The average molecular weight is 279 g/mol. The van der Waals surface area contributed by atoms with Crippen LogP contribution in [0.15, 0.2) is 30.5 Å². The highest BCUT2D eigenvalue weighted by Gasteiger charge is 2.21. The highest BCUT2D eigenvalue weighted by Crippen LogP contribution is 2.26. The zero-order valence-corrected chi connectivity index (χ0v) is 11.7. The minimum Gasteiger partial charge on any atom is -0.313 e. The fraction of sp³-hybridized carbons (Fsp3) is 0.400. The second-order valence-corrected chi connectivity index (χ2v) is 4.73. The normalized spacial score (nSPS) is 11.2. The number of aromatic nitrogens is 2. The molecule has 0 bridgehead atoms. The molecule has 1 aromatic heterocycles. The van der Waals surface area contributed by atoms with Gasteiger partial charge >= 0.3 is 0 Å². The van der Waals surface area contributed by atoms with E-state index in [-0.39, 0.29) is 5.69 Å². The van der Waals surface area contributed by atoms with E-state index in [0.29, 0.717) is 17.8 Å². The molecule has 1 heterocycles. The van der Waals surface area contributed by atoms with Crippen molar-refractivity contribution in [1.82, 2.24) is 15.1 Å². The molecular weight excluding hydrogens is 260 g/mol.